The molecule has 3 aromatic rings. The van der Waals surface area contributed by atoms with E-state index in [9.17, 15) is 18.0 Å². The molecule has 3 unspecified atom stereocenters. The minimum atomic E-state index is -4.49. The molecule has 4 atom stereocenters. The van der Waals surface area contributed by atoms with E-state index in [-0.39, 0.29) is 34.9 Å². The molecule has 3 aliphatic rings. The lowest BCUT2D eigenvalue weighted by Crippen LogP contribution is -2.44. The summed E-state index contributed by atoms with van der Waals surface area (Å²) in [5, 5.41) is 6.91. The lowest BCUT2D eigenvalue weighted by molar-refractivity contribution is -0.137. The number of ether oxygens (including phenoxy) is 1. The van der Waals surface area contributed by atoms with Gasteiger partial charge in [-0.2, -0.15) is 13.2 Å². The van der Waals surface area contributed by atoms with Gasteiger partial charge in [-0.1, -0.05) is 0 Å². The van der Waals surface area contributed by atoms with Crippen molar-refractivity contribution in [3.8, 4) is 0 Å². The quantitative estimate of drug-likeness (QED) is 0.452. The number of aryl methyl sites for hydroxylation is 1. The Balaban J connectivity index is 1.14. The van der Waals surface area contributed by atoms with Gasteiger partial charge in [0.15, 0.2) is 0 Å². The zero-order valence-electron chi connectivity index (χ0n) is 21.2. The van der Waals surface area contributed by atoms with Crippen LogP contribution >= 0.6 is 11.8 Å². The summed E-state index contributed by atoms with van der Waals surface area (Å²) >= 11 is 1.92. The number of fused-ring (bicyclic) bond motifs is 2. The number of rotatable bonds is 7. The molecule has 0 bridgehead atoms. The Morgan fingerprint density at radius 3 is 2.90 bits per heavy atom. The van der Waals surface area contributed by atoms with Crippen LogP contribution in [-0.2, 0) is 22.1 Å². The molecule has 39 heavy (non-hydrogen) atoms. The molecule has 2 saturated heterocycles. The van der Waals surface area contributed by atoms with Crippen LogP contribution in [0.15, 0.2) is 43.0 Å². The normalized spacial score (nSPS) is 25.2. The van der Waals surface area contributed by atoms with Gasteiger partial charge in [0, 0.05) is 54.0 Å². The maximum atomic E-state index is 13.3. The summed E-state index contributed by atoms with van der Waals surface area (Å²) in [5.74, 6) is -0.0376. The summed E-state index contributed by atoms with van der Waals surface area (Å²) < 4.78 is 45.4. The van der Waals surface area contributed by atoms with Crippen molar-refractivity contribution >= 4 is 34.4 Å². The van der Waals surface area contributed by atoms with E-state index in [2.05, 4.69) is 36.6 Å². The Kier molecular flexibility index (Phi) is 7.34. The fourth-order valence-electron chi connectivity index (χ4n) is 5.74. The summed E-state index contributed by atoms with van der Waals surface area (Å²) in [4.78, 5) is 27.9. The fourth-order valence-corrected chi connectivity index (χ4v) is 7.41. The fraction of sp³-hybridized carbons (Fsp3) is 0.481. The van der Waals surface area contributed by atoms with Gasteiger partial charge < -0.3 is 15.4 Å². The molecule has 0 saturated carbocycles. The highest BCUT2D eigenvalue weighted by atomic mass is 32.2. The molecule has 2 fully saturated rings. The predicted molar refractivity (Wildman–Crippen MR) is 142 cm³/mol. The second-order valence-corrected chi connectivity index (χ2v) is 11.7. The van der Waals surface area contributed by atoms with E-state index in [0.29, 0.717) is 23.4 Å². The standard InChI is InChI=1S/C27H29F3N6O2S/c28-27(29,30)17-2-3-21-20(9-17)26(34-15-33-21)32-11-25(37)35-22-12-36(18-6-8-38-14-18)13-24(22)39-23-4-1-16-10-31-7-5-19(16)23/h2-3,5,7,9-10,15,18,22-24H,1,4,6,8,11-14H2,(H,35,37)(H,32,33,34)/t18?,22?,23?,24-/m0/s1. The first-order valence-electron chi connectivity index (χ1n) is 13.1. The lowest BCUT2D eigenvalue weighted by atomic mass is 10.1. The Morgan fingerprint density at radius 1 is 1.18 bits per heavy atom. The molecule has 206 valence electrons. The number of nitrogens with one attached hydrogen (secondary N) is 2. The first kappa shape index (κ1) is 26.3. The van der Waals surface area contributed by atoms with E-state index >= 15 is 0 Å². The highest BCUT2D eigenvalue weighted by Gasteiger charge is 2.40. The van der Waals surface area contributed by atoms with E-state index in [1.165, 1.54) is 23.5 Å². The Labute approximate surface area is 228 Å². The molecule has 0 radical (unpaired) electrons. The van der Waals surface area contributed by atoms with E-state index in [1.807, 2.05) is 24.2 Å². The molecule has 6 rings (SSSR count). The number of likely N-dealkylation sites (tertiary alicyclic amines) is 1. The average molecular weight is 559 g/mol. The van der Waals surface area contributed by atoms with Crippen LogP contribution in [0.5, 0.6) is 0 Å². The van der Waals surface area contributed by atoms with Gasteiger partial charge in [0.2, 0.25) is 5.91 Å². The number of aromatic nitrogens is 3. The van der Waals surface area contributed by atoms with Gasteiger partial charge in [0.1, 0.15) is 12.1 Å². The third kappa shape index (κ3) is 5.68. The number of hydrogen-bond donors (Lipinski definition) is 2. The number of thioether (sulfide) groups is 1. The Morgan fingerprint density at radius 2 is 2.08 bits per heavy atom. The van der Waals surface area contributed by atoms with Crippen molar-refractivity contribution in [1.82, 2.24) is 25.2 Å². The number of alkyl halides is 3. The number of amides is 1. The van der Waals surface area contributed by atoms with Gasteiger partial charge in [0.25, 0.3) is 0 Å². The Hall–Kier alpha value is -2.96. The van der Waals surface area contributed by atoms with Gasteiger partial charge in [-0.3, -0.25) is 14.7 Å². The van der Waals surface area contributed by atoms with Gasteiger partial charge in [-0.15, -0.1) is 11.8 Å². The number of carbonyl (C=O) groups is 1. The van der Waals surface area contributed by atoms with Crippen molar-refractivity contribution < 1.29 is 22.7 Å². The van der Waals surface area contributed by atoms with Gasteiger partial charge >= 0.3 is 6.18 Å². The van der Waals surface area contributed by atoms with Crippen molar-refractivity contribution in [2.45, 2.75) is 48.0 Å². The van der Waals surface area contributed by atoms with E-state index in [4.69, 9.17) is 4.74 Å². The molecular formula is C27H29F3N6O2S. The molecule has 2 N–H and O–H groups in total. The van der Waals surface area contributed by atoms with Crippen LogP contribution in [0.2, 0.25) is 0 Å². The number of benzene rings is 1. The molecule has 8 nitrogen and oxygen atoms in total. The molecule has 2 aliphatic heterocycles. The minimum absolute atomic E-state index is 0.0604. The maximum absolute atomic E-state index is 13.3. The summed E-state index contributed by atoms with van der Waals surface area (Å²) in [6, 6.07) is 5.70. The van der Waals surface area contributed by atoms with Crippen molar-refractivity contribution in [3.63, 3.8) is 0 Å². The minimum Gasteiger partial charge on any atom is -0.380 e. The van der Waals surface area contributed by atoms with Crippen LogP contribution in [-0.4, -0.2) is 75.9 Å². The second kappa shape index (κ2) is 10.9. The molecule has 1 aliphatic carbocycles. The molecule has 2 aromatic heterocycles. The molecule has 12 heteroatoms. The summed E-state index contributed by atoms with van der Waals surface area (Å²) in [5.41, 5.74) is 2.21. The topological polar surface area (TPSA) is 92.3 Å². The van der Waals surface area contributed by atoms with E-state index in [0.717, 1.165) is 51.1 Å². The Bertz CT molecular complexity index is 1350. The van der Waals surface area contributed by atoms with Crippen LogP contribution in [0.4, 0.5) is 19.0 Å². The molecule has 1 amide bonds. The molecule has 4 heterocycles. The van der Waals surface area contributed by atoms with Crippen LogP contribution in [0.3, 0.4) is 0 Å². The predicted octanol–water partition coefficient (Wildman–Crippen LogP) is 3.83. The van der Waals surface area contributed by atoms with E-state index < -0.39 is 11.7 Å². The number of anilines is 1. The SMILES string of the molecule is O=C(CNc1ncnc2ccc(C(F)(F)F)cc12)NC1CN(C2CCOC2)C[C@@H]1SC1CCc2cnccc21. The summed E-state index contributed by atoms with van der Waals surface area (Å²) in [6.07, 6.45) is 3.63. The van der Waals surface area contributed by atoms with Crippen molar-refractivity contribution in [2.75, 3.05) is 38.2 Å². The highest BCUT2D eigenvalue weighted by Crippen LogP contribution is 2.45. The first-order chi connectivity index (χ1) is 18.8. The van der Waals surface area contributed by atoms with Crippen LogP contribution < -0.4 is 10.6 Å². The number of pyridine rings is 1. The lowest BCUT2D eigenvalue weighted by Gasteiger charge is -2.23. The number of halogens is 3. The van der Waals surface area contributed by atoms with Crippen LogP contribution in [0.1, 0.15) is 34.8 Å². The maximum Gasteiger partial charge on any atom is 0.416 e. The highest BCUT2D eigenvalue weighted by molar-refractivity contribution is 8.00. The second-order valence-electron chi connectivity index (χ2n) is 10.2. The van der Waals surface area contributed by atoms with Gasteiger partial charge in [0.05, 0.1) is 30.3 Å². The summed E-state index contributed by atoms with van der Waals surface area (Å²) in [6.45, 7) is 2.95. The largest absolute Gasteiger partial charge is 0.416 e. The van der Waals surface area contributed by atoms with Crippen LogP contribution in [0.25, 0.3) is 10.9 Å². The zero-order valence-corrected chi connectivity index (χ0v) is 22.0. The monoisotopic (exact) mass is 558 g/mol. The average Bonchev–Trinajstić information content (AvgIpc) is 3.68. The van der Waals surface area contributed by atoms with Gasteiger partial charge in [-0.05, 0) is 54.7 Å². The molecule has 0 spiro atoms. The molecular weight excluding hydrogens is 529 g/mol. The first-order valence-corrected chi connectivity index (χ1v) is 14.0. The number of carbonyl (C=O) groups excluding carboxylic acids is 1. The number of hydrogen-bond acceptors (Lipinski definition) is 8. The zero-order chi connectivity index (χ0) is 27.0. The smallest absolute Gasteiger partial charge is 0.380 e. The van der Waals surface area contributed by atoms with Gasteiger partial charge in [-0.25, -0.2) is 9.97 Å². The van der Waals surface area contributed by atoms with Crippen molar-refractivity contribution in [3.05, 3.63) is 59.7 Å². The van der Waals surface area contributed by atoms with E-state index in [1.54, 1.807) is 0 Å². The summed E-state index contributed by atoms with van der Waals surface area (Å²) in [7, 11) is 0. The number of nitrogens with zero attached hydrogens (tertiary/aromatic N) is 4. The molecule has 1 aromatic carbocycles. The van der Waals surface area contributed by atoms with Crippen molar-refractivity contribution in [2.24, 2.45) is 0 Å². The van der Waals surface area contributed by atoms with Crippen molar-refractivity contribution in [1.29, 1.82) is 0 Å². The van der Waals surface area contributed by atoms with Crippen LogP contribution in [0, 0.1) is 0 Å². The third-order valence-corrected chi connectivity index (χ3v) is 9.39. The third-order valence-electron chi connectivity index (χ3n) is 7.75.